The van der Waals surface area contributed by atoms with E-state index in [0.717, 1.165) is 18.4 Å². The molecule has 5 nitrogen and oxygen atoms in total. The number of guanidine groups is 1. The van der Waals surface area contributed by atoms with E-state index in [-0.39, 0.29) is 0 Å². The largest absolute Gasteiger partial charge is 0.474 e. The zero-order valence-corrected chi connectivity index (χ0v) is 12.4. The summed E-state index contributed by atoms with van der Waals surface area (Å²) in [5.41, 5.74) is 1.10. The standard InChI is InChI=1S/C16H22N4O/c1-3-9-19-16(17-2)20-12-13-8-10-18-15(11-13)21-14-6-4-5-7-14/h1,8,10-11,14H,4-7,9,12H2,2H3,(H2,17,19,20). The van der Waals surface area contributed by atoms with Gasteiger partial charge in [-0.05, 0) is 37.3 Å². The van der Waals surface area contributed by atoms with E-state index in [1.54, 1.807) is 13.2 Å². The van der Waals surface area contributed by atoms with Crippen molar-refractivity contribution in [3.63, 3.8) is 0 Å². The molecule has 2 rings (SSSR count). The van der Waals surface area contributed by atoms with Gasteiger partial charge in [-0.1, -0.05) is 5.92 Å². The zero-order chi connectivity index (χ0) is 14.9. The molecule has 0 radical (unpaired) electrons. The molecule has 1 saturated carbocycles. The fraction of sp³-hybridized carbons (Fsp3) is 0.500. The second-order valence-corrected chi connectivity index (χ2v) is 5.01. The van der Waals surface area contributed by atoms with Crippen LogP contribution in [0.5, 0.6) is 5.88 Å². The molecule has 1 heterocycles. The van der Waals surface area contributed by atoms with Gasteiger partial charge in [0.1, 0.15) is 6.10 Å². The molecule has 1 aromatic rings. The summed E-state index contributed by atoms with van der Waals surface area (Å²) in [6.45, 7) is 1.10. The van der Waals surface area contributed by atoms with Crippen molar-refractivity contribution in [2.75, 3.05) is 13.6 Å². The number of nitrogens with one attached hydrogen (secondary N) is 2. The van der Waals surface area contributed by atoms with E-state index >= 15 is 0 Å². The summed E-state index contributed by atoms with van der Waals surface area (Å²) in [4.78, 5) is 8.38. The summed E-state index contributed by atoms with van der Waals surface area (Å²) in [5, 5.41) is 6.22. The third-order valence-electron chi connectivity index (χ3n) is 3.43. The first-order valence-electron chi connectivity index (χ1n) is 7.31. The van der Waals surface area contributed by atoms with Crippen molar-refractivity contribution in [1.29, 1.82) is 0 Å². The highest BCUT2D eigenvalue weighted by Crippen LogP contribution is 2.23. The molecule has 112 valence electrons. The number of rotatable bonds is 5. The summed E-state index contributed by atoms with van der Waals surface area (Å²) < 4.78 is 5.90. The number of terminal acetylenes is 1. The molecule has 21 heavy (non-hydrogen) atoms. The third-order valence-corrected chi connectivity index (χ3v) is 3.43. The Morgan fingerprint density at radius 2 is 2.29 bits per heavy atom. The van der Waals surface area contributed by atoms with Gasteiger partial charge in [0, 0.05) is 25.9 Å². The van der Waals surface area contributed by atoms with Crippen LogP contribution in [0.4, 0.5) is 0 Å². The number of ether oxygens (including phenoxy) is 1. The zero-order valence-electron chi connectivity index (χ0n) is 12.4. The van der Waals surface area contributed by atoms with Gasteiger partial charge in [0.25, 0.3) is 0 Å². The lowest BCUT2D eigenvalue weighted by atomic mass is 10.2. The molecule has 0 spiro atoms. The Hall–Kier alpha value is -2.22. The quantitative estimate of drug-likeness (QED) is 0.491. The van der Waals surface area contributed by atoms with Gasteiger partial charge in [-0.15, -0.1) is 6.42 Å². The van der Waals surface area contributed by atoms with Crippen LogP contribution < -0.4 is 15.4 Å². The van der Waals surface area contributed by atoms with Crippen LogP contribution in [-0.2, 0) is 6.54 Å². The van der Waals surface area contributed by atoms with E-state index < -0.39 is 0 Å². The lowest BCUT2D eigenvalue weighted by molar-refractivity contribution is 0.201. The molecular weight excluding hydrogens is 264 g/mol. The summed E-state index contributed by atoms with van der Waals surface area (Å²) in [6, 6.07) is 3.93. The summed E-state index contributed by atoms with van der Waals surface area (Å²) in [5.74, 6) is 3.90. The number of aliphatic imine (C=N–C) groups is 1. The van der Waals surface area contributed by atoms with Gasteiger partial charge in [-0.25, -0.2) is 4.98 Å². The predicted octanol–water partition coefficient (Wildman–Crippen LogP) is 1.70. The fourth-order valence-electron chi connectivity index (χ4n) is 2.34. The second-order valence-electron chi connectivity index (χ2n) is 5.01. The Morgan fingerprint density at radius 3 is 3.00 bits per heavy atom. The maximum Gasteiger partial charge on any atom is 0.213 e. The number of pyridine rings is 1. The lowest BCUT2D eigenvalue weighted by Gasteiger charge is -2.13. The van der Waals surface area contributed by atoms with E-state index in [0.29, 0.717) is 31.0 Å². The van der Waals surface area contributed by atoms with Gasteiger partial charge >= 0.3 is 0 Å². The summed E-state index contributed by atoms with van der Waals surface area (Å²) >= 11 is 0. The molecule has 0 aromatic carbocycles. The van der Waals surface area contributed by atoms with Crippen LogP contribution in [0.2, 0.25) is 0 Å². The Balaban J connectivity index is 1.87. The van der Waals surface area contributed by atoms with Crippen molar-refractivity contribution in [2.45, 2.75) is 38.3 Å². The highest BCUT2D eigenvalue weighted by molar-refractivity contribution is 5.79. The van der Waals surface area contributed by atoms with Gasteiger partial charge in [0.2, 0.25) is 5.88 Å². The first kappa shape index (κ1) is 15.2. The minimum atomic E-state index is 0.325. The lowest BCUT2D eigenvalue weighted by Crippen LogP contribution is -2.36. The monoisotopic (exact) mass is 286 g/mol. The molecule has 0 unspecified atom stereocenters. The molecule has 0 bridgehead atoms. The van der Waals surface area contributed by atoms with E-state index in [2.05, 4.69) is 26.5 Å². The van der Waals surface area contributed by atoms with Crippen LogP contribution in [0.15, 0.2) is 23.3 Å². The van der Waals surface area contributed by atoms with Gasteiger partial charge < -0.3 is 15.4 Å². The molecule has 1 aliphatic rings. The minimum Gasteiger partial charge on any atom is -0.474 e. The van der Waals surface area contributed by atoms with Gasteiger partial charge in [-0.2, -0.15) is 0 Å². The van der Waals surface area contributed by atoms with E-state index in [1.807, 2.05) is 12.1 Å². The fourth-order valence-corrected chi connectivity index (χ4v) is 2.34. The second kappa shape index (κ2) is 8.15. The Kier molecular flexibility index (Phi) is 5.89. The van der Waals surface area contributed by atoms with Crippen molar-refractivity contribution < 1.29 is 4.74 Å². The Morgan fingerprint density at radius 1 is 1.48 bits per heavy atom. The average molecular weight is 286 g/mol. The smallest absolute Gasteiger partial charge is 0.213 e. The summed E-state index contributed by atoms with van der Waals surface area (Å²) in [6.07, 6.45) is 12.1. The molecule has 0 aliphatic heterocycles. The van der Waals surface area contributed by atoms with Gasteiger partial charge in [-0.3, -0.25) is 4.99 Å². The van der Waals surface area contributed by atoms with Crippen LogP contribution in [0.3, 0.4) is 0 Å². The minimum absolute atomic E-state index is 0.325. The normalized spacial score (nSPS) is 15.5. The molecule has 1 fully saturated rings. The van der Waals surface area contributed by atoms with E-state index in [9.17, 15) is 0 Å². The molecule has 0 amide bonds. The molecule has 0 saturated heterocycles. The van der Waals surface area contributed by atoms with Crippen molar-refractivity contribution in [2.24, 2.45) is 4.99 Å². The van der Waals surface area contributed by atoms with Crippen LogP contribution in [-0.4, -0.2) is 30.6 Å². The molecule has 5 heteroatoms. The van der Waals surface area contributed by atoms with Crippen LogP contribution in [0, 0.1) is 12.3 Å². The van der Waals surface area contributed by atoms with Gasteiger partial charge in [0.05, 0.1) is 6.54 Å². The maximum absolute atomic E-state index is 5.90. The Bertz CT molecular complexity index is 515. The molecule has 2 N–H and O–H groups in total. The van der Waals surface area contributed by atoms with Crippen LogP contribution in [0.1, 0.15) is 31.2 Å². The maximum atomic E-state index is 5.90. The van der Waals surface area contributed by atoms with Crippen LogP contribution in [0.25, 0.3) is 0 Å². The topological polar surface area (TPSA) is 58.5 Å². The van der Waals surface area contributed by atoms with E-state index in [4.69, 9.17) is 11.2 Å². The first-order chi connectivity index (χ1) is 10.3. The van der Waals surface area contributed by atoms with Crippen molar-refractivity contribution >= 4 is 5.96 Å². The van der Waals surface area contributed by atoms with Crippen LogP contribution >= 0.6 is 0 Å². The van der Waals surface area contributed by atoms with Gasteiger partial charge in [0.15, 0.2) is 5.96 Å². The first-order valence-corrected chi connectivity index (χ1v) is 7.31. The number of nitrogens with zero attached hydrogens (tertiary/aromatic N) is 2. The number of hydrogen-bond acceptors (Lipinski definition) is 3. The average Bonchev–Trinajstić information content (AvgIpc) is 3.01. The highest BCUT2D eigenvalue weighted by atomic mass is 16.5. The van der Waals surface area contributed by atoms with Crippen molar-refractivity contribution in [1.82, 2.24) is 15.6 Å². The SMILES string of the molecule is C#CCNC(=NC)NCc1ccnc(OC2CCCC2)c1. The molecule has 1 aliphatic carbocycles. The van der Waals surface area contributed by atoms with Crippen molar-refractivity contribution in [3.8, 4) is 18.2 Å². The third kappa shape index (κ3) is 4.99. The predicted molar refractivity (Wildman–Crippen MR) is 84.2 cm³/mol. The van der Waals surface area contributed by atoms with Crippen molar-refractivity contribution in [3.05, 3.63) is 23.9 Å². The van der Waals surface area contributed by atoms with E-state index in [1.165, 1.54) is 12.8 Å². The number of aromatic nitrogens is 1. The number of hydrogen-bond donors (Lipinski definition) is 2. The molecular formula is C16H22N4O. The summed E-state index contributed by atoms with van der Waals surface area (Å²) in [7, 11) is 1.72. The molecule has 1 aromatic heterocycles. The molecule has 0 atom stereocenters. The Labute approximate surface area is 126 Å². The highest BCUT2D eigenvalue weighted by Gasteiger charge is 2.16.